The number of aryl methyl sites for hydroxylation is 2. The van der Waals surface area contributed by atoms with E-state index in [1.165, 1.54) is 17.1 Å². The van der Waals surface area contributed by atoms with Crippen molar-refractivity contribution < 1.29 is 4.74 Å². The smallest absolute Gasteiger partial charge is 0.118 e. The van der Waals surface area contributed by atoms with Crippen molar-refractivity contribution in [2.24, 2.45) is 5.84 Å². The summed E-state index contributed by atoms with van der Waals surface area (Å²) in [5, 5.41) is 4.14. The second kappa shape index (κ2) is 7.33. The van der Waals surface area contributed by atoms with Crippen LogP contribution in [0.1, 0.15) is 35.5 Å². The molecule has 1 aromatic carbocycles. The molecule has 0 saturated carbocycles. The van der Waals surface area contributed by atoms with E-state index in [1.54, 1.807) is 7.11 Å². The van der Waals surface area contributed by atoms with Gasteiger partial charge < -0.3 is 4.74 Å². The highest BCUT2D eigenvalue weighted by atomic mass is 32.1. The quantitative estimate of drug-likeness (QED) is 0.605. The minimum atomic E-state index is 0.104. The third-order valence-electron chi connectivity index (χ3n) is 3.32. The number of methoxy groups -OCH3 is 1. The lowest BCUT2D eigenvalue weighted by atomic mass is 10.0. The van der Waals surface area contributed by atoms with Crippen molar-refractivity contribution >= 4 is 11.5 Å². The molecule has 1 heterocycles. The molecule has 2 aromatic rings. The van der Waals surface area contributed by atoms with Gasteiger partial charge in [-0.05, 0) is 48.5 Å². The molecule has 1 atom stereocenters. The van der Waals surface area contributed by atoms with E-state index < -0.39 is 0 Å². The van der Waals surface area contributed by atoms with Gasteiger partial charge in [-0.25, -0.2) is 0 Å². The van der Waals surface area contributed by atoms with E-state index in [0.29, 0.717) is 0 Å². The van der Waals surface area contributed by atoms with Gasteiger partial charge in [-0.2, -0.15) is 0 Å². The van der Waals surface area contributed by atoms with Crippen molar-refractivity contribution in [2.75, 3.05) is 7.11 Å². The molecule has 0 amide bonds. The maximum atomic E-state index is 5.68. The first-order chi connectivity index (χ1) is 9.78. The Morgan fingerprint density at radius 2 is 2.10 bits per heavy atom. The van der Waals surface area contributed by atoms with Crippen LogP contribution in [0.15, 0.2) is 24.3 Å². The highest BCUT2D eigenvalue weighted by Gasteiger charge is 2.17. The van der Waals surface area contributed by atoms with Crippen LogP contribution >= 0.6 is 11.5 Å². The Kier molecular flexibility index (Phi) is 5.46. The third-order valence-corrected chi connectivity index (χ3v) is 4.20. The van der Waals surface area contributed by atoms with Gasteiger partial charge in [0.05, 0.1) is 23.7 Å². The molecule has 0 radical (unpaired) electrons. The van der Waals surface area contributed by atoms with Crippen LogP contribution in [0.3, 0.4) is 0 Å². The zero-order valence-electron chi connectivity index (χ0n) is 11.8. The second-order valence-electron chi connectivity index (χ2n) is 4.54. The van der Waals surface area contributed by atoms with Crippen LogP contribution in [0.5, 0.6) is 5.75 Å². The Labute approximate surface area is 123 Å². The number of ether oxygens (including phenoxy) is 1. The van der Waals surface area contributed by atoms with E-state index in [0.717, 1.165) is 35.6 Å². The SMILES string of the molecule is CCc1nnsc1C(CCc1ccc(OC)cc1)NN. The fourth-order valence-corrected chi connectivity index (χ4v) is 2.95. The Balaban J connectivity index is 2.00. The average molecular weight is 292 g/mol. The van der Waals surface area contributed by atoms with Crippen LogP contribution in [-0.4, -0.2) is 16.7 Å². The van der Waals surface area contributed by atoms with Crippen LogP contribution < -0.4 is 16.0 Å². The van der Waals surface area contributed by atoms with Crippen molar-refractivity contribution in [3.63, 3.8) is 0 Å². The Morgan fingerprint density at radius 1 is 1.35 bits per heavy atom. The summed E-state index contributed by atoms with van der Waals surface area (Å²) in [7, 11) is 1.67. The number of hydrazine groups is 1. The van der Waals surface area contributed by atoms with Gasteiger partial charge in [-0.3, -0.25) is 11.3 Å². The number of hydrogen-bond donors (Lipinski definition) is 2. The number of hydrogen-bond acceptors (Lipinski definition) is 6. The molecule has 0 fully saturated rings. The first kappa shape index (κ1) is 14.9. The molecule has 0 aliphatic carbocycles. The van der Waals surface area contributed by atoms with Gasteiger partial charge in [0, 0.05) is 0 Å². The monoisotopic (exact) mass is 292 g/mol. The fourth-order valence-electron chi connectivity index (χ4n) is 2.12. The zero-order valence-corrected chi connectivity index (χ0v) is 12.6. The van der Waals surface area contributed by atoms with Gasteiger partial charge in [0.25, 0.3) is 0 Å². The lowest BCUT2D eigenvalue weighted by Crippen LogP contribution is -2.28. The maximum absolute atomic E-state index is 5.68. The van der Waals surface area contributed by atoms with E-state index in [1.807, 2.05) is 12.1 Å². The van der Waals surface area contributed by atoms with Crippen LogP contribution in [0.4, 0.5) is 0 Å². The summed E-state index contributed by atoms with van der Waals surface area (Å²) in [5.74, 6) is 6.56. The summed E-state index contributed by atoms with van der Waals surface area (Å²) in [6.07, 6.45) is 2.74. The van der Waals surface area contributed by atoms with E-state index in [4.69, 9.17) is 10.6 Å². The lowest BCUT2D eigenvalue weighted by Gasteiger charge is -2.14. The van der Waals surface area contributed by atoms with Crippen molar-refractivity contribution in [3.05, 3.63) is 40.4 Å². The number of aromatic nitrogens is 2. The Morgan fingerprint density at radius 3 is 2.70 bits per heavy atom. The predicted octanol–water partition coefficient (Wildman–Crippen LogP) is 2.25. The molecule has 108 valence electrons. The summed E-state index contributed by atoms with van der Waals surface area (Å²) in [5.41, 5.74) is 5.18. The van der Waals surface area contributed by atoms with E-state index in [-0.39, 0.29) is 6.04 Å². The molecule has 6 heteroatoms. The van der Waals surface area contributed by atoms with E-state index >= 15 is 0 Å². The highest BCUT2D eigenvalue weighted by Crippen LogP contribution is 2.25. The normalized spacial score (nSPS) is 12.3. The molecule has 0 bridgehead atoms. The van der Waals surface area contributed by atoms with Crippen molar-refractivity contribution in [1.29, 1.82) is 0 Å². The van der Waals surface area contributed by atoms with Gasteiger partial charge in [0.1, 0.15) is 5.75 Å². The molecule has 20 heavy (non-hydrogen) atoms. The lowest BCUT2D eigenvalue weighted by molar-refractivity contribution is 0.414. The number of rotatable bonds is 7. The average Bonchev–Trinajstić information content (AvgIpc) is 2.97. The first-order valence-corrected chi connectivity index (χ1v) is 7.46. The molecule has 1 aromatic heterocycles. The molecule has 0 saturated heterocycles. The van der Waals surface area contributed by atoms with Crippen molar-refractivity contribution in [1.82, 2.24) is 15.0 Å². The van der Waals surface area contributed by atoms with Gasteiger partial charge >= 0.3 is 0 Å². The minimum Gasteiger partial charge on any atom is -0.497 e. The molecule has 1 unspecified atom stereocenters. The van der Waals surface area contributed by atoms with Gasteiger partial charge in [-0.1, -0.05) is 23.5 Å². The number of nitrogens with zero attached hydrogens (tertiary/aromatic N) is 2. The minimum absolute atomic E-state index is 0.104. The summed E-state index contributed by atoms with van der Waals surface area (Å²) >= 11 is 1.42. The Hall–Kier alpha value is -1.50. The van der Waals surface area contributed by atoms with Crippen LogP contribution in [-0.2, 0) is 12.8 Å². The standard InChI is InChI=1S/C14H20N4OS/c1-3-12-14(20-18-17-12)13(16-15)9-6-10-4-7-11(19-2)8-5-10/h4-5,7-8,13,16H,3,6,9,15H2,1-2H3. The Bertz CT molecular complexity index is 526. The molecular weight excluding hydrogens is 272 g/mol. The van der Waals surface area contributed by atoms with Crippen LogP contribution in [0.25, 0.3) is 0 Å². The van der Waals surface area contributed by atoms with Gasteiger partial charge in [0.15, 0.2) is 0 Å². The molecule has 0 aliphatic rings. The van der Waals surface area contributed by atoms with Crippen LogP contribution in [0, 0.1) is 0 Å². The van der Waals surface area contributed by atoms with E-state index in [9.17, 15) is 0 Å². The zero-order chi connectivity index (χ0) is 14.4. The summed E-state index contributed by atoms with van der Waals surface area (Å²) in [4.78, 5) is 1.14. The highest BCUT2D eigenvalue weighted by molar-refractivity contribution is 7.05. The molecular formula is C14H20N4OS. The van der Waals surface area contributed by atoms with Crippen molar-refractivity contribution in [3.8, 4) is 5.75 Å². The summed E-state index contributed by atoms with van der Waals surface area (Å²) in [6.45, 7) is 2.08. The maximum Gasteiger partial charge on any atom is 0.118 e. The topological polar surface area (TPSA) is 73.1 Å². The van der Waals surface area contributed by atoms with Crippen molar-refractivity contribution in [2.45, 2.75) is 32.2 Å². The predicted molar refractivity (Wildman–Crippen MR) is 80.7 cm³/mol. The molecule has 0 spiro atoms. The van der Waals surface area contributed by atoms with Gasteiger partial charge in [-0.15, -0.1) is 5.10 Å². The number of nitrogens with one attached hydrogen (secondary N) is 1. The van der Waals surface area contributed by atoms with Gasteiger partial charge in [0.2, 0.25) is 0 Å². The molecule has 3 N–H and O–H groups in total. The largest absolute Gasteiger partial charge is 0.497 e. The molecule has 0 aliphatic heterocycles. The summed E-state index contributed by atoms with van der Waals surface area (Å²) < 4.78 is 9.18. The second-order valence-corrected chi connectivity index (χ2v) is 5.33. The number of nitrogens with two attached hydrogens (primary N) is 1. The fraction of sp³-hybridized carbons (Fsp3) is 0.429. The molecule has 5 nitrogen and oxygen atoms in total. The summed E-state index contributed by atoms with van der Waals surface area (Å²) in [6, 6.07) is 8.22. The molecule has 2 rings (SSSR count). The van der Waals surface area contributed by atoms with E-state index in [2.05, 4.69) is 34.1 Å². The third kappa shape index (κ3) is 3.53. The number of benzene rings is 1. The van der Waals surface area contributed by atoms with Crippen LogP contribution in [0.2, 0.25) is 0 Å². The first-order valence-electron chi connectivity index (χ1n) is 6.68.